The highest BCUT2D eigenvalue weighted by Crippen LogP contribution is 2.55. The quantitative estimate of drug-likeness (QED) is 0.822. The number of rotatable bonds is 3. The van der Waals surface area contributed by atoms with Crippen molar-refractivity contribution in [3.63, 3.8) is 0 Å². The average molecular weight is 241 g/mol. The fraction of sp³-hybridized carbons (Fsp3) is 0.417. The van der Waals surface area contributed by atoms with Gasteiger partial charge in [-0.05, 0) is 31.0 Å². The number of nitrogens with two attached hydrogens (primary N) is 1. The molecule has 1 aromatic rings. The molecule has 2 N–H and O–H groups in total. The van der Waals surface area contributed by atoms with Crippen LogP contribution >= 0.6 is 0 Å². The van der Waals surface area contributed by atoms with Gasteiger partial charge in [-0.1, -0.05) is 0 Å². The third-order valence-electron chi connectivity index (χ3n) is 3.27. The lowest BCUT2D eigenvalue weighted by atomic mass is 9.90. The molecule has 0 saturated heterocycles. The Bertz CT molecular complexity index is 458. The molecule has 0 aliphatic heterocycles. The Labute approximate surface area is 97.6 Å². The van der Waals surface area contributed by atoms with Gasteiger partial charge in [0.2, 0.25) is 0 Å². The zero-order chi connectivity index (χ0) is 12.6. The van der Waals surface area contributed by atoms with E-state index >= 15 is 0 Å². The average Bonchev–Trinajstić information content (AvgIpc) is 3.11. The molecular weight excluding hydrogens is 228 g/mol. The predicted octanol–water partition coefficient (Wildman–Crippen LogP) is 1.92. The van der Waals surface area contributed by atoms with E-state index in [0.717, 1.165) is 18.2 Å². The van der Waals surface area contributed by atoms with Gasteiger partial charge >= 0.3 is 5.97 Å². The van der Waals surface area contributed by atoms with E-state index in [9.17, 15) is 13.6 Å². The summed E-state index contributed by atoms with van der Waals surface area (Å²) in [5.74, 6) is -1.64. The van der Waals surface area contributed by atoms with Crippen LogP contribution < -0.4 is 5.73 Å². The fourth-order valence-corrected chi connectivity index (χ4v) is 2.03. The van der Waals surface area contributed by atoms with Crippen molar-refractivity contribution in [1.82, 2.24) is 0 Å². The number of carbonyl (C=O) groups excluding carboxylic acids is 1. The van der Waals surface area contributed by atoms with E-state index in [4.69, 9.17) is 5.73 Å². The summed E-state index contributed by atoms with van der Waals surface area (Å²) in [5.41, 5.74) is 5.01. The SMILES string of the molecule is COC(=O)C1(C(N)c2cc(F)ccc2F)CC1. The van der Waals surface area contributed by atoms with Crippen LogP contribution in [0.5, 0.6) is 0 Å². The summed E-state index contributed by atoms with van der Waals surface area (Å²) in [5, 5.41) is 0. The van der Waals surface area contributed by atoms with Gasteiger partial charge in [-0.25, -0.2) is 8.78 Å². The van der Waals surface area contributed by atoms with E-state index in [1.165, 1.54) is 7.11 Å². The van der Waals surface area contributed by atoms with Crippen LogP contribution in [-0.4, -0.2) is 13.1 Å². The van der Waals surface area contributed by atoms with Gasteiger partial charge in [0, 0.05) is 11.6 Å². The minimum atomic E-state index is -0.886. The first-order valence-corrected chi connectivity index (χ1v) is 5.30. The topological polar surface area (TPSA) is 52.3 Å². The monoisotopic (exact) mass is 241 g/mol. The van der Waals surface area contributed by atoms with E-state index in [1.807, 2.05) is 0 Å². The molecule has 3 nitrogen and oxygen atoms in total. The van der Waals surface area contributed by atoms with Gasteiger partial charge < -0.3 is 10.5 Å². The molecule has 17 heavy (non-hydrogen) atoms. The Morgan fingerprint density at radius 3 is 2.65 bits per heavy atom. The molecule has 5 heteroatoms. The summed E-state index contributed by atoms with van der Waals surface area (Å²) < 4.78 is 31.3. The van der Waals surface area contributed by atoms with Crippen molar-refractivity contribution in [3.05, 3.63) is 35.4 Å². The molecule has 0 amide bonds. The largest absolute Gasteiger partial charge is 0.469 e. The van der Waals surface area contributed by atoms with Gasteiger partial charge in [0.25, 0.3) is 0 Å². The highest BCUT2D eigenvalue weighted by atomic mass is 19.1. The zero-order valence-corrected chi connectivity index (χ0v) is 9.37. The Hall–Kier alpha value is -1.49. The molecule has 0 radical (unpaired) electrons. The van der Waals surface area contributed by atoms with Crippen molar-refractivity contribution in [2.24, 2.45) is 11.1 Å². The van der Waals surface area contributed by atoms with Crippen molar-refractivity contribution >= 4 is 5.97 Å². The number of methoxy groups -OCH3 is 1. The lowest BCUT2D eigenvalue weighted by Crippen LogP contribution is -2.31. The van der Waals surface area contributed by atoms with Crippen LogP contribution in [0.3, 0.4) is 0 Å². The van der Waals surface area contributed by atoms with Crippen molar-refractivity contribution in [3.8, 4) is 0 Å². The molecule has 0 bridgehead atoms. The predicted molar refractivity (Wildman–Crippen MR) is 57.0 cm³/mol. The summed E-state index contributed by atoms with van der Waals surface area (Å²) in [6, 6.07) is 2.19. The van der Waals surface area contributed by atoms with Crippen LogP contribution in [0.1, 0.15) is 24.4 Å². The second kappa shape index (κ2) is 4.07. The second-order valence-corrected chi connectivity index (χ2v) is 4.29. The molecule has 1 fully saturated rings. The molecule has 1 aliphatic rings. The number of benzene rings is 1. The van der Waals surface area contributed by atoms with E-state index in [-0.39, 0.29) is 5.56 Å². The summed E-state index contributed by atoms with van der Waals surface area (Å²) in [6.45, 7) is 0. The molecule has 1 aliphatic carbocycles. The molecule has 1 unspecified atom stereocenters. The van der Waals surface area contributed by atoms with Crippen LogP contribution in [-0.2, 0) is 9.53 Å². The fourth-order valence-electron chi connectivity index (χ4n) is 2.03. The first-order chi connectivity index (χ1) is 8.01. The van der Waals surface area contributed by atoms with Crippen LogP contribution in [0.15, 0.2) is 18.2 Å². The van der Waals surface area contributed by atoms with E-state index in [1.54, 1.807) is 0 Å². The van der Waals surface area contributed by atoms with Gasteiger partial charge in [0.15, 0.2) is 0 Å². The maximum Gasteiger partial charge on any atom is 0.313 e. The minimum absolute atomic E-state index is 0.0212. The number of carbonyl (C=O) groups is 1. The molecule has 1 aromatic carbocycles. The Balaban J connectivity index is 2.34. The third-order valence-corrected chi connectivity index (χ3v) is 3.27. The number of hydrogen-bond acceptors (Lipinski definition) is 3. The maximum absolute atomic E-state index is 13.5. The molecule has 0 aromatic heterocycles. The summed E-state index contributed by atoms with van der Waals surface area (Å²) in [7, 11) is 1.26. The van der Waals surface area contributed by atoms with Crippen LogP contribution in [0.2, 0.25) is 0 Å². The lowest BCUT2D eigenvalue weighted by molar-refractivity contribution is -0.148. The Morgan fingerprint density at radius 2 is 2.12 bits per heavy atom. The number of hydrogen-bond donors (Lipinski definition) is 1. The first-order valence-electron chi connectivity index (χ1n) is 5.30. The molecular formula is C12H13F2NO2. The van der Waals surface area contributed by atoms with Gasteiger partial charge in [-0.2, -0.15) is 0 Å². The molecule has 1 saturated carbocycles. The molecule has 92 valence electrons. The van der Waals surface area contributed by atoms with Crippen molar-refractivity contribution in [2.45, 2.75) is 18.9 Å². The number of ether oxygens (including phenoxy) is 1. The molecule has 2 rings (SSSR count). The maximum atomic E-state index is 13.5. The first kappa shape index (κ1) is 12.0. The third kappa shape index (κ3) is 1.91. The highest BCUT2D eigenvalue weighted by molar-refractivity contribution is 5.81. The molecule has 0 heterocycles. The van der Waals surface area contributed by atoms with E-state index < -0.39 is 29.1 Å². The highest BCUT2D eigenvalue weighted by Gasteiger charge is 2.56. The van der Waals surface area contributed by atoms with Crippen LogP contribution in [0, 0.1) is 17.0 Å². The Kier molecular flexibility index (Phi) is 2.87. The second-order valence-electron chi connectivity index (χ2n) is 4.29. The van der Waals surface area contributed by atoms with Gasteiger partial charge in [0.1, 0.15) is 11.6 Å². The Morgan fingerprint density at radius 1 is 1.47 bits per heavy atom. The summed E-state index contributed by atoms with van der Waals surface area (Å²) >= 11 is 0. The van der Waals surface area contributed by atoms with E-state index in [2.05, 4.69) is 4.74 Å². The van der Waals surface area contributed by atoms with Crippen molar-refractivity contribution in [2.75, 3.05) is 7.11 Å². The smallest absolute Gasteiger partial charge is 0.313 e. The molecule has 1 atom stereocenters. The van der Waals surface area contributed by atoms with Gasteiger partial charge in [-0.3, -0.25) is 4.79 Å². The number of esters is 1. The minimum Gasteiger partial charge on any atom is -0.469 e. The lowest BCUT2D eigenvalue weighted by Gasteiger charge is -2.21. The zero-order valence-electron chi connectivity index (χ0n) is 9.37. The molecule has 0 spiro atoms. The van der Waals surface area contributed by atoms with E-state index in [0.29, 0.717) is 12.8 Å². The summed E-state index contributed by atoms with van der Waals surface area (Å²) in [6.07, 6.45) is 1.08. The summed E-state index contributed by atoms with van der Waals surface area (Å²) in [4.78, 5) is 11.6. The van der Waals surface area contributed by atoms with Crippen LogP contribution in [0.4, 0.5) is 8.78 Å². The number of halogens is 2. The van der Waals surface area contributed by atoms with Crippen LogP contribution in [0.25, 0.3) is 0 Å². The van der Waals surface area contributed by atoms with Crippen molar-refractivity contribution < 1.29 is 18.3 Å². The standard InChI is InChI=1S/C12H13F2NO2/c1-17-11(16)12(4-5-12)10(15)8-6-7(13)2-3-9(8)14/h2-3,6,10H,4-5,15H2,1H3. The normalized spacial score (nSPS) is 18.6. The van der Waals surface area contributed by atoms with Gasteiger partial charge in [0.05, 0.1) is 12.5 Å². The van der Waals surface area contributed by atoms with Crippen molar-refractivity contribution in [1.29, 1.82) is 0 Å². The van der Waals surface area contributed by atoms with Gasteiger partial charge in [-0.15, -0.1) is 0 Å².